The molecule has 1 heterocycles. The van der Waals surface area contributed by atoms with E-state index in [4.69, 9.17) is 0 Å². The van der Waals surface area contributed by atoms with Crippen LogP contribution in [0.2, 0.25) is 0 Å². The van der Waals surface area contributed by atoms with E-state index in [0.29, 0.717) is 6.04 Å². The largest absolute Gasteiger partial charge is 0.353 e. The standard InChI is InChI=1S/C18H24N4O3S/c1-11-3-2-4-13(7-11)20-17(25)10-26-18-21-14(9-16(24)22-18)8-15(23)19-12-5-6-12/h2-4,7,12,14,18,21H,5-6,8-10H2,1H3,(H,19,23)(H,20,25)(H,22,24). The van der Waals surface area contributed by atoms with E-state index in [1.165, 1.54) is 11.8 Å². The van der Waals surface area contributed by atoms with Crippen molar-refractivity contribution in [3.05, 3.63) is 29.8 Å². The van der Waals surface area contributed by atoms with Crippen LogP contribution in [-0.2, 0) is 14.4 Å². The number of anilines is 1. The molecule has 3 rings (SSSR count). The summed E-state index contributed by atoms with van der Waals surface area (Å²) in [6.07, 6.45) is 2.62. The maximum absolute atomic E-state index is 12.1. The number of nitrogens with one attached hydrogen (secondary N) is 4. The molecule has 140 valence electrons. The third kappa shape index (κ3) is 6.03. The predicted octanol–water partition coefficient (Wildman–Crippen LogP) is 1.10. The number of rotatable bonds is 7. The van der Waals surface area contributed by atoms with Crippen LogP contribution in [0.3, 0.4) is 0 Å². The molecule has 1 aliphatic carbocycles. The van der Waals surface area contributed by atoms with Crippen molar-refractivity contribution in [3.8, 4) is 0 Å². The normalized spacial score (nSPS) is 22.4. The van der Waals surface area contributed by atoms with Crippen LogP contribution in [0.25, 0.3) is 0 Å². The minimum Gasteiger partial charge on any atom is -0.353 e. The fourth-order valence-electron chi connectivity index (χ4n) is 2.78. The van der Waals surface area contributed by atoms with E-state index in [1.54, 1.807) is 0 Å². The Morgan fingerprint density at radius 1 is 1.27 bits per heavy atom. The van der Waals surface area contributed by atoms with Gasteiger partial charge in [0, 0.05) is 30.6 Å². The summed E-state index contributed by atoms with van der Waals surface area (Å²) in [6, 6.07) is 7.70. The smallest absolute Gasteiger partial charge is 0.234 e. The third-order valence-electron chi connectivity index (χ3n) is 4.17. The molecule has 2 unspecified atom stereocenters. The van der Waals surface area contributed by atoms with Gasteiger partial charge in [-0.3, -0.25) is 19.7 Å². The highest BCUT2D eigenvalue weighted by Gasteiger charge is 2.30. The predicted molar refractivity (Wildman–Crippen MR) is 102 cm³/mol. The number of benzene rings is 1. The SMILES string of the molecule is Cc1cccc(NC(=O)CSC2NC(=O)CC(CC(=O)NC3CC3)N2)c1. The molecule has 3 amide bonds. The van der Waals surface area contributed by atoms with E-state index in [-0.39, 0.29) is 47.9 Å². The van der Waals surface area contributed by atoms with Gasteiger partial charge in [-0.25, -0.2) is 0 Å². The Bertz CT molecular complexity index is 693. The van der Waals surface area contributed by atoms with Crippen molar-refractivity contribution in [2.24, 2.45) is 0 Å². The van der Waals surface area contributed by atoms with Crippen LogP contribution in [-0.4, -0.2) is 41.1 Å². The number of thioether (sulfide) groups is 1. The van der Waals surface area contributed by atoms with Crippen LogP contribution >= 0.6 is 11.8 Å². The second-order valence-electron chi connectivity index (χ2n) is 6.79. The zero-order chi connectivity index (χ0) is 18.5. The highest BCUT2D eigenvalue weighted by Crippen LogP contribution is 2.20. The van der Waals surface area contributed by atoms with Gasteiger partial charge in [0.05, 0.1) is 5.75 Å². The number of hydrogen-bond acceptors (Lipinski definition) is 5. The molecular formula is C18H24N4O3S. The van der Waals surface area contributed by atoms with Crippen molar-refractivity contribution in [3.63, 3.8) is 0 Å². The van der Waals surface area contributed by atoms with Gasteiger partial charge in [0.1, 0.15) is 5.50 Å². The second-order valence-corrected chi connectivity index (χ2v) is 7.88. The molecule has 4 N–H and O–H groups in total. The van der Waals surface area contributed by atoms with Crippen LogP contribution in [0.4, 0.5) is 5.69 Å². The van der Waals surface area contributed by atoms with Gasteiger partial charge >= 0.3 is 0 Å². The molecule has 2 aliphatic rings. The molecule has 1 aromatic rings. The summed E-state index contributed by atoms with van der Waals surface area (Å²) in [5, 5.41) is 11.8. The molecule has 2 fully saturated rings. The van der Waals surface area contributed by atoms with Crippen LogP contribution in [0.1, 0.15) is 31.2 Å². The second kappa shape index (κ2) is 8.55. The summed E-state index contributed by atoms with van der Waals surface area (Å²) >= 11 is 1.30. The Hall–Kier alpha value is -2.06. The zero-order valence-corrected chi connectivity index (χ0v) is 15.5. The van der Waals surface area contributed by atoms with Crippen molar-refractivity contribution in [1.82, 2.24) is 16.0 Å². The number of amides is 3. The van der Waals surface area contributed by atoms with E-state index in [2.05, 4.69) is 21.3 Å². The maximum atomic E-state index is 12.1. The Morgan fingerprint density at radius 3 is 2.81 bits per heavy atom. The quantitative estimate of drug-likeness (QED) is 0.571. The Morgan fingerprint density at radius 2 is 2.08 bits per heavy atom. The first-order valence-electron chi connectivity index (χ1n) is 8.81. The Kier molecular flexibility index (Phi) is 6.16. The molecule has 8 heteroatoms. The van der Waals surface area contributed by atoms with E-state index in [9.17, 15) is 14.4 Å². The first-order valence-corrected chi connectivity index (χ1v) is 9.86. The minimum atomic E-state index is -0.377. The topological polar surface area (TPSA) is 99.3 Å². The molecule has 26 heavy (non-hydrogen) atoms. The Labute approximate surface area is 157 Å². The molecule has 7 nitrogen and oxygen atoms in total. The van der Waals surface area contributed by atoms with Gasteiger partial charge in [0.25, 0.3) is 0 Å². The Balaban J connectivity index is 1.43. The summed E-state index contributed by atoms with van der Waals surface area (Å²) in [6.45, 7) is 1.96. The molecule has 1 saturated heterocycles. The zero-order valence-electron chi connectivity index (χ0n) is 14.7. The highest BCUT2D eigenvalue weighted by molar-refractivity contribution is 8.00. The van der Waals surface area contributed by atoms with Gasteiger partial charge in [-0.05, 0) is 37.5 Å². The summed E-state index contributed by atoms with van der Waals surface area (Å²) in [5.41, 5.74) is 1.45. The summed E-state index contributed by atoms with van der Waals surface area (Å²) in [4.78, 5) is 35.9. The van der Waals surface area contributed by atoms with Gasteiger partial charge in [0.2, 0.25) is 17.7 Å². The molecule has 1 saturated carbocycles. The van der Waals surface area contributed by atoms with Crippen LogP contribution in [0.15, 0.2) is 24.3 Å². The fraction of sp³-hybridized carbons (Fsp3) is 0.500. The number of aryl methyl sites for hydroxylation is 1. The van der Waals surface area contributed by atoms with Crippen LogP contribution in [0.5, 0.6) is 0 Å². The number of carbonyl (C=O) groups is 3. The molecule has 0 spiro atoms. The van der Waals surface area contributed by atoms with Gasteiger partial charge < -0.3 is 16.0 Å². The van der Waals surface area contributed by atoms with Gasteiger partial charge in [-0.15, -0.1) is 11.8 Å². The molecule has 0 bridgehead atoms. The molecule has 1 aliphatic heterocycles. The molecule has 0 aromatic heterocycles. The van der Waals surface area contributed by atoms with Crippen molar-refractivity contribution in [2.45, 2.75) is 50.2 Å². The lowest BCUT2D eigenvalue weighted by atomic mass is 10.1. The van der Waals surface area contributed by atoms with E-state index < -0.39 is 0 Å². The maximum Gasteiger partial charge on any atom is 0.234 e. The van der Waals surface area contributed by atoms with E-state index >= 15 is 0 Å². The minimum absolute atomic E-state index is 0.0272. The average Bonchev–Trinajstić information content (AvgIpc) is 3.36. The molecule has 2 atom stereocenters. The van der Waals surface area contributed by atoms with Gasteiger partial charge in [-0.1, -0.05) is 12.1 Å². The summed E-state index contributed by atoms with van der Waals surface area (Å²) in [7, 11) is 0. The average molecular weight is 376 g/mol. The molecule has 0 radical (unpaired) electrons. The summed E-state index contributed by atoms with van der Waals surface area (Å²) in [5.74, 6) is -0.0668. The van der Waals surface area contributed by atoms with Gasteiger partial charge in [-0.2, -0.15) is 0 Å². The van der Waals surface area contributed by atoms with Crippen molar-refractivity contribution in [2.75, 3.05) is 11.1 Å². The number of hydrogen-bond donors (Lipinski definition) is 4. The van der Waals surface area contributed by atoms with Crippen molar-refractivity contribution >= 4 is 35.2 Å². The van der Waals surface area contributed by atoms with Crippen molar-refractivity contribution in [1.29, 1.82) is 0 Å². The summed E-state index contributed by atoms with van der Waals surface area (Å²) < 4.78 is 0. The van der Waals surface area contributed by atoms with E-state index in [0.717, 1.165) is 24.1 Å². The highest BCUT2D eigenvalue weighted by atomic mass is 32.2. The fourth-order valence-corrected chi connectivity index (χ4v) is 3.68. The lowest BCUT2D eigenvalue weighted by Crippen LogP contribution is -2.56. The van der Waals surface area contributed by atoms with Crippen molar-refractivity contribution < 1.29 is 14.4 Å². The monoisotopic (exact) mass is 376 g/mol. The first kappa shape index (κ1) is 18.7. The lowest BCUT2D eigenvalue weighted by molar-refractivity contribution is -0.125. The van der Waals surface area contributed by atoms with Gasteiger partial charge in [0.15, 0.2) is 0 Å². The van der Waals surface area contributed by atoms with E-state index in [1.807, 2.05) is 31.2 Å². The molecular weight excluding hydrogens is 352 g/mol. The third-order valence-corrected chi connectivity index (χ3v) is 5.18. The lowest BCUT2D eigenvalue weighted by Gasteiger charge is -2.30. The van der Waals surface area contributed by atoms with Crippen LogP contribution < -0.4 is 21.3 Å². The molecule has 1 aromatic carbocycles. The van der Waals surface area contributed by atoms with Crippen LogP contribution in [0, 0.1) is 6.92 Å². The first-order chi connectivity index (χ1) is 12.5. The number of carbonyl (C=O) groups excluding carboxylic acids is 3.